The second kappa shape index (κ2) is 17.6. The monoisotopic (exact) mass is 699 g/mol. The maximum atomic E-state index is 13.2. The van der Waals surface area contributed by atoms with Crippen molar-refractivity contribution in [2.45, 2.75) is 83.9 Å². The molecule has 272 valence electrons. The van der Waals surface area contributed by atoms with Crippen molar-refractivity contribution in [2.75, 3.05) is 37.7 Å². The van der Waals surface area contributed by atoms with Gasteiger partial charge < -0.3 is 34.9 Å². The van der Waals surface area contributed by atoms with E-state index >= 15 is 0 Å². The first-order chi connectivity index (χ1) is 23.7. The third-order valence-corrected chi connectivity index (χ3v) is 7.93. The average Bonchev–Trinajstić information content (AvgIpc) is 3.45. The standard InChI is InChI=1S/C38H48F3N3O6/c1-26(43-23-33(36(46)50-37(2,3)4)49-32-15-9-8-14-31(32)48-25-38(39,40)41)20-28-21-29-16-18-44(34(29)30(22-28)35(42)45)17-10-11-19-47-24-27-12-6-5-7-13-27/h5-9,12-15,21-22,26,33,43H,10-11,16-20,23-25H2,1-4H3,(H2,42,45). The van der Waals surface area contributed by atoms with Crippen LogP contribution in [0.5, 0.6) is 11.5 Å². The van der Waals surface area contributed by atoms with E-state index in [0.717, 1.165) is 54.7 Å². The molecule has 3 N–H and O–H groups in total. The van der Waals surface area contributed by atoms with Crippen molar-refractivity contribution in [2.24, 2.45) is 5.73 Å². The molecule has 2 atom stereocenters. The van der Waals surface area contributed by atoms with Crippen LogP contribution >= 0.6 is 0 Å². The van der Waals surface area contributed by atoms with Crippen LogP contribution in [0.2, 0.25) is 0 Å². The van der Waals surface area contributed by atoms with Crippen LogP contribution in [0, 0.1) is 0 Å². The zero-order valence-electron chi connectivity index (χ0n) is 29.2. The van der Waals surface area contributed by atoms with Crippen LogP contribution in [-0.4, -0.2) is 68.6 Å². The number of hydrogen-bond donors (Lipinski definition) is 2. The smallest absolute Gasteiger partial charge is 0.422 e. The van der Waals surface area contributed by atoms with Crippen molar-refractivity contribution in [3.05, 3.63) is 89.0 Å². The molecule has 50 heavy (non-hydrogen) atoms. The molecule has 0 radical (unpaired) electrons. The van der Waals surface area contributed by atoms with E-state index in [1.54, 1.807) is 26.8 Å². The first kappa shape index (κ1) is 38.5. The highest BCUT2D eigenvalue weighted by atomic mass is 19.4. The lowest BCUT2D eigenvalue weighted by Crippen LogP contribution is -2.44. The molecular weight excluding hydrogens is 651 g/mol. The summed E-state index contributed by atoms with van der Waals surface area (Å²) in [4.78, 5) is 28.0. The molecule has 1 heterocycles. The number of ether oxygens (including phenoxy) is 4. The summed E-state index contributed by atoms with van der Waals surface area (Å²) in [6.07, 6.45) is -2.62. The van der Waals surface area contributed by atoms with Gasteiger partial charge in [-0.05, 0) is 88.3 Å². The van der Waals surface area contributed by atoms with Gasteiger partial charge in [0.15, 0.2) is 18.1 Å². The van der Waals surface area contributed by atoms with E-state index < -0.39 is 36.4 Å². The Morgan fingerprint density at radius 2 is 1.66 bits per heavy atom. The summed E-state index contributed by atoms with van der Waals surface area (Å²) in [5.41, 5.74) is 9.53. The van der Waals surface area contributed by atoms with Gasteiger partial charge in [0.1, 0.15) is 5.60 Å². The Kier molecular flexibility index (Phi) is 13.5. The normalized spacial score (nSPS) is 14.2. The minimum atomic E-state index is -4.54. The van der Waals surface area contributed by atoms with Gasteiger partial charge in [0.25, 0.3) is 5.91 Å². The van der Waals surface area contributed by atoms with Gasteiger partial charge in [-0.25, -0.2) is 4.79 Å². The van der Waals surface area contributed by atoms with Gasteiger partial charge >= 0.3 is 12.1 Å². The third-order valence-electron chi connectivity index (χ3n) is 7.93. The van der Waals surface area contributed by atoms with Gasteiger partial charge in [-0.15, -0.1) is 0 Å². The largest absolute Gasteiger partial charge is 0.480 e. The molecule has 1 aliphatic heterocycles. The summed E-state index contributed by atoms with van der Waals surface area (Å²) < 4.78 is 60.8. The number of nitrogens with zero attached hydrogens (tertiary/aromatic N) is 1. The summed E-state index contributed by atoms with van der Waals surface area (Å²) in [5, 5.41) is 3.29. The van der Waals surface area contributed by atoms with E-state index in [4.69, 9.17) is 24.7 Å². The molecule has 9 nitrogen and oxygen atoms in total. The van der Waals surface area contributed by atoms with Gasteiger partial charge in [0.05, 0.1) is 17.9 Å². The average molecular weight is 700 g/mol. The number of anilines is 1. The minimum absolute atomic E-state index is 0.000142. The molecule has 0 saturated carbocycles. The Labute approximate surface area is 292 Å². The van der Waals surface area contributed by atoms with Crippen LogP contribution in [-0.2, 0) is 33.7 Å². The van der Waals surface area contributed by atoms with Crippen molar-refractivity contribution in [3.8, 4) is 11.5 Å². The van der Waals surface area contributed by atoms with Crippen LogP contribution in [0.25, 0.3) is 0 Å². The molecule has 4 rings (SSSR count). The molecule has 3 aromatic carbocycles. The fourth-order valence-electron chi connectivity index (χ4n) is 5.75. The van der Waals surface area contributed by atoms with Gasteiger partial charge in [0.2, 0.25) is 6.10 Å². The molecule has 2 unspecified atom stereocenters. The number of halogens is 3. The van der Waals surface area contributed by atoms with Crippen LogP contribution < -0.4 is 25.4 Å². The number of primary amides is 1. The van der Waals surface area contributed by atoms with Crippen molar-refractivity contribution in [1.29, 1.82) is 0 Å². The maximum Gasteiger partial charge on any atom is 0.422 e. The van der Waals surface area contributed by atoms with Crippen LogP contribution in [0.15, 0.2) is 66.7 Å². The van der Waals surface area contributed by atoms with Crippen LogP contribution in [0.3, 0.4) is 0 Å². The molecule has 0 spiro atoms. The van der Waals surface area contributed by atoms with Crippen molar-refractivity contribution in [1.82, 2.24) is 5.32 Å². The number of rotatable bonds is 18. The maximum absolute atomic E-state index is 13.2. The molecule has 1 aliphatic rings. The highest BCUT2D eigenvalue weighted by molar-refractivity contribution is 6.00. The van der Waals surface area contributed by atoms with E-state index in [9.17, 15) is 22.8 Å². The summed E-state index contributed by atoms with van der Waals surface area (Å²) >= 11 is 0. The Morgan fingerprint density at radius 3 is 2.34 bits per heavy atom. The Bertz CT molecular complexity index is 1560. The van der Waals surface area contributed by atoms with Crippen LogP contribution in [0.4, 0.5) is 18.9 Å². The lowest BCUT2D eigenvalue weighted by atomic mass is 9.98. The summed E-state index contributed by atoms with van der Waals surface area (Å²) in [6.45, 7) is 8.38. The molecule has 0 aliphatic carbocycles. The van der Waals surface area contributed by atoms with Gasteiger partial charge in [-0.1, -0.05) is 48.5 Å². The lowest BCUT2D eigenvalue weighted by Gasteiger charge is -2.26. The van der Waals surface area contributed by atoms with Gasteiger partial charge in [-0.3, -0.25) is 4.79 Å². The predicted octanol–water partition coefficient (Wildman–Crippen LogP) is 6.40. The first-order valence-electron chi connectivity index (χ1n) is 16.9. The Balaban J connectivity index is 1.37. The molecular formula is C38H48F3N3O6. The third kappa shape index (κ3) is 12.2. The minimum Gasteiger partial charge on any atom is -0.480 e. The molecule has 0 saturated heterocycles. The van der Waals surface area contributed by atoms with Crippen LogP contribution in [0.1, 0.15) is 67.6 Å². The summed E-state index contributed by atoms with van der Waals surface area (Å²) in [7, 11) is 0. The number of para-hydroxylation sites is 2. The number of carbonyl (C=O) groups excluding carboxylic acids is 2. The molecule has 0 fully saturated rings. The molecule has 3 aromatic rings. The second-order valence-corrected chi connectivity index (χ2v) is 13.5. The Morgan fingerprint density at radius 1 is 0.960 bits per heavy atom. The Hall–Kier alpha value is -4.29. The number of hydrogen-bond acceptors (Lipinski definition) is 8. The summed E-state index contributed by atoms with van der Waals surface area (Å²) in [6, 6.07) is 19.7. The van der Waals surface area contributed by atoms with Crippen molar-refractivity contribution in [3.63, 3.8) is 0 Å². The lowest BCUT2D eigenvalue weighted by molar-refractivity contribution is -0.164. The number of carbonyl (C=O) groups is 2. The quantitative estimate of drug-likeness (QED) is 0.116. The number of amides is 1. The fourth-order valence-corrected chi connectivity index (χ4v) is 5.75. The fraction of sp³-hybridized carbons (Fsp3) is 0.474. The number of alkyl halides is 3. The van der Waals surface area contributed by atoms with E-state index in [1.165, 1.54) is 18.2 Å². The predicted molar refractivity (Wildman–Crippen MR) is 186 cm³/mol. The number of unbranched alkanes of at least 4 members (excludes halogenated alkanes) is 1. The van der Waals surface area contributed by atoms with E-state index in [2.05, 4.69) is 16.3 Å². The van der Waals surface area contributed by atoms with Crippen molar-refractivity contribution < 1.29 is 41.7 Å². The molecule has 12 heteroatoms. The van der Waals surface area contributed by atoms with Crippen molar-refractivity contribution >= 4 is 17.6 Å². The molecule has 0 bridgehead atoms. The van der Waals surface area contributed by atoms with E-state index in [1.807, 2.05) is 43.3 Å². The number of benzene rings is 3. The van der Waals surface area contributed by atoms with E-state index in [0.29, 0.717) is 25.2 Å². The number of nitrogens with one attached hydrogen (secondary N) is 1. The second-order valence-electron chi connectivity index (χ2n) is 13.5. The first-order valence-corrected chi connectivity index (χ1v) is 16.9. The highest BCUT2D eigenvalue weighted by Gasteiger charge is 2.31. The zero-order chi connectivity index (χ0) is 36.3. The summed E-state index contributed by atoms with van der Waals surface area (Å²) in [5.74, 6) is -1.34. The number of nitrogens with two attached hydrogens (primary N) is 1. The molecule has 1 amide bonds. The number of fused-ring (bicyclic) bond motifs is 1. The SMILES string of the molecule is CC(Cc1cc2c(c(C(N)=O)c1)N(CCCCOCc1ccccc1)CC2)NCC(Oc1ccccc1OCC(F)(F)F)C(=O)OC(C)(C)C. The number of esters is 1. The zero-order valence-corrected chi connectivity index (χ0v) is 29.2. The van der Waals surface area contributed by atoms with Gasteiger partial charge in [-0.2, -0.15) is 13.2 Å². The molecule has 0 aromatic heterocycles. The van der Waals surface area contributed by atoms with Gasteiger partial charge in [0, 0.05) is 32.3 Å². The topological polar surface area (TPSA) is 112 Å². The van der Waals surface area contributed by atoms with E-state index in [-0.39, 0.29) is 24.1 Å². The highest BCUT2D eigenvalue weighted by Crippen LogP contribution is 2.34.